The first-order valence-corrected chi connectivity index (χ1v) is 10.1. The number of nitrogens with one attached hydrogen (secondary N) is 1. The molecule has 1 unspecified atom stereocenters. The molecule has 0 spiro atoms. The Morgan fingerprint density at radius 3 is 2.97 bits per heavy atom. The highest BCUT2D eigenvalue weighted by Gasteiger charge is 2.24. The predicted molar refractivity (Wildman–Crippen MR) is 116 cm³/mol. The lowest BCUT2D eigenvalue weighted by atomic mass is 10.1. The number of amides is 1. The van der Waals surface area contributed by atoms with E-state index in [4.69, 9.17) is 11.6 Å². The third-order valence-electron chi connectivity index (χ3n) is 5.44. The number of carbonyl (C=O) groups excluding carboxylic acids is 1. The molecule has 3 aromatic rings. The van der Waals surface area contributed by atoms with E-state index in [1.165, 1.54) is 16.3 Å². The maximum absolute atomic E-state index is 12.5. The molecule has 1 aromatic heterocycles. The van der Waals surface area contributed by atoms with Gasteiger partial charge < -0.3 is 10.2 Å². The van der Waals surface area contributed by atoms with Gasteiger partial charge in [0.05, 0.1) is 17.2 Å². The molecule has 1 N–H and O–H groups in total. The number of anilines is 1. The molecule has 150 valence electrons. The molecule has 1 aliphatic rings. The summed E-state index contributed by atoms with van der Waals surface area (Å²) in [5.41, 5.74) is 3.44. The van der Waals surface area contributed by atoms with Crippen molar-refractivity contribution in [2.24, 2.45) is 5.92 Å². The highest BCUT2D eigenvalue weighted by atomic mass is 35.5. The zero-order chi connectivity index (χ0) is 20.4. The average Bonchev–Trinajstić information content (AvgIpc) is 3.19. The first-order valence-electron chi connectivity index (χ1n) is 9.73. The van der Waals surface area contributed by atoms with Gasteiger partial charge in [-0.1, -0.05) is 29.8 Å². The van der Waals surface area contributed by atoms with Gasteiger partial charge in [0.1, 0.15) is 6.54 Å². The average molecular weight is 411 g/mol. The van der Waals surface area contributed by atoms with Crippen LogP contribution in [-0.4, -0.2) is 35.1 Å². The Bertz CT molecular complexity index is 1110. The number of para-hydroxylation sites is 2. The number of benzene rings is 2. The van der Waals surface area contributed by atoms with E-state index in [0.29, 0.717) is 23.5 Å². The molecule has 2 aromatic carbocycles. The Balaban J connectivity index is 1.37. The fourth-order valence-corrected chi connectivity index (χ4v) is 4.04. The molecule has 7 heteroatoms. The van der Waals surface area contributed by atoms with E-state index in [1.807, 2.05) is 36.4 Å². The van der Waals surface area contributed by atoms with Crippen LogP contribution < -0.4 is 15.8 Å². The molecule has 0 bridgehead atoms. The first-order chi connectivity index (χ1) is 14.0. The summed E-state index contributed by atoms with van der Waals surface area (Å²) >= 11 is 6.15. The Hall–Kier alpha value is -2.86. The smallest absolute Gasteiger partial charge is 0.269 e. The zero-order valence-corrected chi connectivity index (χ0v) is 17.0. The van der Waals surface area contributed by atoms with Gasteiger partial charge in [0, 0.05) is 30.3 Å². The van der Waals surface area contributed by atoms with Crippen LogP contribution in [0.5, 0.6) is 0 Å². The molecule has 0 aliphatic carbocycles. The molecule has 1 aliphatic heterocycles. The summed E-state index contributed by atoms with van der Waals surface area (Å²) in [6, 6.07) is 13.3. The van der Waals surface area contributed by atoms with Crippen molar-refractivity contribution in [1.82, 2.24) is 14.9 Å². The minimum atomic E-state index is -0.276. The summed E-state index contributed by atoms with van der Waals surface area (Å²) in [7, 11) is 0. The molecule has 1 fully saturated rings. The van der Waals surface area contributed by atoms with Gasteiger partial charge in [-0.15, -0.1) is 0 Å². The number of nitrogens with zero attached hydrogens (tertiary/aromatic N) is 3. The van der Waals surface area contributed by atoms with Gasteiger partial charge in [-0.25, -0.2) is 4.98 Å². The van der Waals surface area contributed by atoms with Gasteiger partial charge in [-0.2, -0.15) is 0 Å². The Morgan fingerprint density at radius 1 is 1.28 bits per heavy atom. The molecule has 2 heterocycles. The van der Waals surface area contributed by atoms with Crippen molar-refractivity contribution >= 4 is 34.2 Å². The van der Waals surface area contributed by atoms with Crippen LogP contribution in [-0.2, 0) is 11.3 Å². The van der Waals surface area contributed by atoms with E-state index >= 15 is 0 Å². The van der Waals surface area contributed by atoms with Crippen LogP contribution in [0.15, 0.2) is 53.5 Å². The van der Waals surface area contributed by atoms with Crippen LogP contribution in [0, 0.1) is 12.8 Å². The fraction of sp³-hybridized carbons (Fsp3) is 0.318. The molecule has 1 saturated heterocycles. The van der Waals surface area contributed by atoms with Gasteiger partial charge in [-0.3, -0.25) is 14.2 Å². The number of hydrogen-bond acceptors (Lipinski definition) is 4. The van der Waals surface area contributed by atoms with Crippen LogP contribution in [0.2, 0.25) is 5.02 Å². The molecule has 4 rings (SSSR count). The van der Waals surface area contributed by atoms with E-state index in [-0.39, 0.29) is 18.0 Å². The molecule has 29 heavy (non-hydrogen) atoms. The summed E-state index contributed by atoms with van der Waals surface area (Å²) in [5, 5.41) is 3.72. The van der Waals surface area contributed by atoms with Crippen molar-refractivity contribution in [1.29, 1.82) is 0 Å². The SMILES string of the molecule is Cc1ccc(Cl)cc1N1CCC(CNC(=O)Cn2c(=O)cnc3ccccc32)C1. The third-order valence-corrected chi connectivity index (χ3v) is 5.68. The minimum Gasteiger partial charge on any atom is -0.371 e. The molecule has 1 amide bonds. The molecule has 6 nitrogen and oxygen atoms in total. The molecule has 0 radical (unpaired) electrons. The van der Waals surface area contributed by atoms with Crippen molar-refractivity contribution in [2.45, 2.75) is 19.9 Å². The maximum Gasteiger partial charge on any atom is 0.269 e. The standard InChI is InChI=1S/C22H23ClN4O2/c1-15-6-7-17(23)10-20(15)26-9-8-16(13-26)11-25-21(28)14-27-19-5-3-2-4-18(19)24-12-22(27)29/h2-7,10,12,16H,8-9,11,13-14H2,1H3,(H,25,28). The summed E-state index contributed by atoms with van der Waals surface area (Å²) in [4.78, 5) is 31.1. The maximum atomic E-state index is 12.5. The van der Waals surface area contributed by atoms with Gasteiger partial charge in [0.15, 0.2) is 0 Å². The van der Waals surface area contributed by atoms with E-state index in [1.54, 1.807) is 6.07 Å². The number of aromatic nitrogens is 2. The second-order valence-corrected chi connectivity index (χ2v) is 7.94. The lowest BCUT2D eigenvalue weighted by molar-refractivity contribution is -0.121. The van der Waals surface area contributed by atoms with Crippen LogP contribution in [0.3, 0.4) is 0 Å². The molecule has 1 atom stereocenters. The van der Waals surface area contributed by atoms with Crippen molar-refractivity contribution in [3.8, 4) is 0 Å². The van der Waals surface area contributed by atoms with Crippen molar-refractivity contribution in [2.75, 3.05) is 24.5 Å². The predicted octanol–water partition coefficient (Wildman–Crippen LogP) is 3.00. The number of halogens is 1. The highest BCUT2D eigenvalue weighted by Crippen LogP contribution is 2.29. The summed E-state index contributed by atoms with van der Waals surface area (Å²) in [6.45, 7) is 4.48. The summed E-state index contributed by atoms with van der Waals surface area (Å²) in [6.07, 6.45) is 2.27. The lowest BCUT2D eigenvalue weighted by Gasteiger charge is -2.21. The molecular weight excluding hydrogens is 388 g/mol. The van der Waals surface area contributed by atoms with Crippen LogP contribution >= 0.6 is 11.6 Å². The molecular formula is C22H23ClN4O2. The van der Waals surface area contributed by atoms with Gasteiger partial charge in [-0.05, 0) is 49.1 Å². The number of fused-ring (bicyclic) bond motifs is 1. The molecule has 0 saturated carbocycles. The van der Waals surface area contributed by atoms with Gasteiger partial charge in [0.25, 0.3) is 5.56 Å². The monoisotopic (exact) mass is 410 g/mol. The quantitative estimate of drug-likeness (QED) is 0.702. The van der Waals surface area contributed by atoms with E-state index < -0.39 is 0 Å². The Kier molecular flexibility index (Phi) is 5.53. The van der Waals surface area contributed by atoms with Gasteiger partial charge >= 0.3 is 0 Å². The van der Waals surface area contributed by atoms with Crippen molar-refractivity contribution < 1.29 is 4.79 Å². The lowest BCUT2D eigenvalue weighted by Crippen LogP contribution is -2.36. The Labute approximate surface area is 174 Å². The minimum absolute atomic E-state index is 0.00823. The number of rotatable bonds is 5. The zero-order valence-electron chi connectivity index (χ0n) is 16.3. The third kappa shape index (κ3) is 4.27. The van der Waals surface area contributed by atoms with E-state index in [9.17, 15) is 9.59 Å². The summed E-state index contributed by atoms with van der Waals surface area (Å²) in [5.74, 6) is 0.198. The van der Waals surface area contributed by atoms with Crippen molar-refractivity contribution in [3.63, 3.8) is 0 Å². The van der Waals surface area contributed by atoms with E-state index in [2.05, 4.69) is 22.1 Å². The first kappa shape index (κ1) is 19.5. The topological polar surface area (TPSA) is 67.2 Å². The number of carbonyl (C=O) groups is 1. The normalized spacial score (nSPS) is 16.3. The van der Waals surface area contributed by atoms with Crippen LogP contribution in [0.25, 0.3) is 11.0 Å². The number of hydrogen-bond donors (Lipinski definition) is 1. The van der Waals surface area contributed by atoms with E-state index in [0.717, 1.165) is 30.2 Å². The van der Waals surface area contributed by atoms with Gasteiger partial charge in [0.2, 0.25) is 5.91 Å². The Morgan fingerprint density at radius 2 is 2.10 bits per heavy atom. The van der Waals surface area contributed by atoms with Crippen LogP contribution in [0.4, 0.5) is 5.69 Å². The van der Waals surface area contributed by atoms with Crippen molar-refractivity contribution in [3.05, 3.63) is 69.6 Å². The number of aryl methyl sites for hydroxylation is 1. The second-order valence-electron chi connectivity index (χ2n) is 7.51. The highest BCUT2D eigenvalue weighted by molar-refractivity contribution is 6.30. The second kappa shape index (κ2) is 8.25. The largest absolute Gasteiger partial charge is 0.371 e. The summed E-state index contributed by atoms with van der Waals surface area (Å²) < 4.78 is 1.47. The van der Waals surface area contributed by atoms with Crippen LogP contribution in [0.1, 0.15) is 12.0 Å². The fourth-order valence-electron chi connectivity index (χ4n) is 3.88.